The third-order valence-corrected chi connectivity index (χ3v) is 5.52. The minimum Gasteiger partial charge on any atom is -0.497 e. The molecule has 1 aliphatic rings. The monoisotopic (exact) mass is 376 g/mol. The summed E-state index contributed by atoms with van der Waals surface area (Å²) >= 11 is 0. The number of nitrogens with one attached hydrogen (secondary N) is 1. The largest absolute Gasteiger partial charge is 0.497 e. The fourth-order valence-corrected chi connectivity index (χ4v) is 3.99. The van der Waals surface area contributed by atoms with Crippen molar-refractivity contribution in [3.63, 3.8) is 0 Å². The molecule has 28 heavy (non-hydrogen) atoms. The van der Waals surface area contributed by atoms with Gasteiger partial charge in [0.15, 0.2) is 0 Å². The first-order valence-corrected chi connectivity index (χ1v) is 9.71. The number of hydrogen-bond acceptors (Lipinski definition) is 3. The number of H-pyrrole nitrogens is 1. The van der Waals surface area contributed by atoms with Gasteiger partial charge >= 0.3 is 0 Å². The second-order valence-corrected chi connectivity index (χ2v) is 7.31. The van der Waals surface area contributed by atoms with Crippen molar-refractivity contribution in [1.82, 2.24) is 9.88 Å². The summed E-state index contributed by atoms with van der Waals surface area (Å²) < 4.78 is 5.29. The summed E-state index contributed by atoms with van der Waals surface area (Å²) in [6.45, 7) is 0.306. The molecule has 3 aromatic rings. The minimum atomic E-state index is -0.151. The zero-order valence-corrected chi connectivity index (χ0v) is 16.0. The number of methoxy groups -OCH3 is 1. The summed E-state index contributed by atoms with van der Waals surface area (Å²) in [7, 11) is 1.62. The molecule has 144 valence electrons. The molecule has 1 aromatic heterocycles. The van der Waals surface area contributed by atoms with E-state index in [1.807, 2.05) is 59.5 Å². The Kier molecular flexibility index (Phi) is 5.15. The lowest BCUT2D eigenvalue weighted by molar-refractivity contribution is 0.0664. The molecule has 1 N–H and O–H groups in total. The van der Waals surface area contributed by atoms with Crippen molar-refractivity contribution in [2.75, 3.05) is 7.11 Å². The number of nitrogens with zero attached hydrogens (tertiary/aromatic N) is 1. The number of aromatic nitrogens is 1. The van der Waals surface area contributed by atoms with Crippen molar-refractivity contribution in [2.45, 2.75) is 38.3 Å². The zero-order valence-electron chi connectivity index (χ0n) is 16.0. The summed E-state index contributed by atoms with van der Waals surface area (Å²) in [5.41, 5.74) is 1.86. The number of fused-ring (bicyclic) bond motifs is 1. The smallest absolute Gasteiger partial charge is 0.254 e. The molecule has 2 aromatic carbocycles. The first-order chi connectivity index (χ1) is 13.7. The van der Waals surface area contributed by atoms with E-state index in [1.54, 1.807) is 7.11 Å². The molecule has 0 atom stereocenters. The van der Waals surface area contributed by atoms with Crippen LogP contribution >= 0.6 is 0 Å². The number of pyridine rings is 1. The molecule has 1 amide bonds. The van der Waals surface area contributed by atoms with Crippen LogP contribution in [0.1, 0.15) is 41.6 Å². The van der Waals surface area contributed by atoms with Gasteiger partial charge in [0, 0.05) is 28.1 Å². The standard InChI is InChI=1S/C23H24N2O3/c1-28-20-11-12-21-17(14-20)13-18(22(26)24-21)15-25(19-9-5-6-10-19)23(27)16-7-3-2-4-8-16/h2-4,7-8,11-14,19H,5-6,9-10,15H2,1H3,(H,24,26). The van der Waals surface area contributed by atoms with Crippen molar-refractivity contribution in [3.05, 3.63) is 76.1 Å². The second kappa shape index (κ2) is 7.89. The number of amides is 1. The third kappa shape index (κ3) is 3.65. The average Bonchev–Trinajstić information content (AvgIpc) is 3.26. The van der Waals surface area contributed by atoms with Gasteiger partial charge in [0.2, 0.25) is 0 Å². The van der Waals surface area contributed by atoms with Gasteiger partial charge in [-0.25, -0.2) is 0 Å². The Morgan fingerprint density at radius 2 is 1.86 bits per heavy atom. The van der Waals surface area contributed by atoms with Crippen LogP contribution in [0.25, 0.3) is 10.9 Å². The molecule has 0 spiro atoms. The molecule has 0 aliphatic heterocycles. The second-order valence-electron chi connectivity index (χ2n) is 7.31. The maximum absolute atomic E-state index is 13.2. The molecular weight excluding hydrogens is 352 g/mol. The Bertz CT molecular complexity index is 1040. The summed E-state index contributed by atoms with van der Waals surface area (Å²) in [5, 5.41) is 0.896. The molecule has 1 fully saturated rings. The zero-order chi connectivity index (χ0) is 19.5. The Morgan fingerprint density at radius 1 is 1.11 bits per heavy atom. The number of carbonyl (C=O) groups excluding carboxylic acids is 1. The molecule has 0 radical (unpaired) electrons. The topological polar surface area (TPSA) is 62.4 Å². The van der Waals surface area contributed by atoms with E-state index in [1.165, 1.54) is 0 Å². The lowest BCUT2D eigenvalue weighted by atomic mass is 10.1. The van der Waals surface area contributed by atoms with Crippen LogP contribution in [0.4, 0.5) is 0 Å². The maximum Gasteiger partial charge on any atom is 0.254 e. The number of benzene rings is 2. The summed E-state index contributed by atoms with van der Waals surface area (Å²) in [5.74, 6) is 0.719. The van der Waals surface area contributed by atoms with Gasteiger partial charge in [0.05, 0.1) is 13.7 Å². The number of ether oxygens (including phenoxy) is 1. The molecule has 4 rings (SSSR count). The highest BCUT2D eigenvalue weighted by atomic mass is 16.5. The Morgan fingerprint density at radius 3 is 2.57 bits per heavy atom. The molecule has 1 saturated carbocycles. The van der Waals surface area contributed by atoms with E-state index < -0.39 is 0 Å². The summed E-state index contributed by atoms with van der Waals surface area (Å²) in [4.78, 5) is 30.7. The highest BCUT2D eigenvalue weighted by Crippen LogP contribution is 2.27. The van der Waals surface area contributed by atoms with Gasteiger partial charge in [0.25, 0.3) is 11.5 Å². The normalized spacial score (nSPS) is 14.3. The first kappa shape index (κ1) is 18.3. The molecular formula is C23H24N2O3. The van der Waals surface area contributed by atoms with Crippen LogP contribution in [-0.4, -0.2) is 28.9 Å². The van der Waals surface area contributed by atoms with Crippen LogP contribution in [0, 0.1) is 0 Å². The summed E-state index contributed by atoms with van der Waals surface area (Å²) in [6, 6.07) is 16.9. The van der Waals surface area contributed by atoms with Crippen molar-refractivity contribution in [1.29, 1.82) is 0 Å². The highest BCUT2D eigenvalue weighted by Gasteiger charge is 2.28. The predicted molar refractivity (Wildman–Crippen MR) is 110 cm³/mol. The molecule has 0 bridgehead atoms. The van der Waals surface area contributed by atoms with Gasteiger partial charge in [-0.15, -0.1) is 0 Å². The van der Waals surface area contributed by atoms with E-state index >= 15 is 0 Å². The molecule has 0 saturated heterocycles. The van der Waals surface area contributed by atoms with Crippen molar-refractivity contribution in [3.8, 4) is 5.75 Å². The molecule has 5 nitrogen and oxygen atoms in total. The molecule has 1 aliphatic carbocycles. The Balaban J connectivity index is 1.70. The van der Waals surface area contributed by atoms with Crippen molar-refractivity contribution >= 4 is 16.8 Å². The summed E-state index contributed by atoms with van der Waals surface area (Å²) in [6.07, 6.45) is 4.21. The van der Waals surface area contributed by atoms with Gasteiger partial charge in [-0.2, -0.15) is 0 Å². The van der Waals surface area contributed by atoms with E-state index in [0.29, 0.717) is 17.7 Å². The average molecular weight is 376 g/mol. The van der Waals surface area contributed by atoms with E-state index in [4.69, 9.17) is 4.74 Å². The number of hydrogen-bond donors (Lipinski definition) is 1. The molecule has 1 heterocycles. The van der Waals surface area contributed by atoms with E-state index in [-0.39, 0.29) is 17.5 Å². The van der Waals surface area contributed by atoms with Gasteiger partial charge < -0.3 is 14.6 Å². The SMILES string of the molecule is COc1ccc2[nH]c(=O)c(CN(C(=O)c3ccccc3)C3CCCC3)cc2c1. The fourth-order valence-electron chi connectivity index (χ4n) is 3.99. The molecule has 0 unspecified atom stereocenters. The molecule has 5 heteroatoms. The van der Waals surface area contributed by atoms with Crippen LogP contribution in [0.15, 0.2) is 59.4 Å². The first-order valence-electron chi connectivity index (χ1n) is 9.71. The van der Waals surface area contributed by atoms with Crippen LogP contribution in [0.5, 0.6) is 5.75 Å². The van der Waals surface area contributed by atoms with Gasteiger partial charge in [-0.05, 0) is 49.2 Å². The number of carbonyl (C=O) groups is 1. The van der Waals surface area contributed by atoms with Crippen LogP contribution in [0.2, 0.25) is 0 Å². The third-order valence-electron chi connectivity index (χ3n) is 5.52. The van der Waals surface area contributed by atoms with Gasteiger partial charge in [0.1, 0.15) is 5.75 Å². The van der Waals surface area contributed by atoms with Crippen LogP contribution < -0.4 is 10.3 Å². The lowest BCUT2D eigenvalue weighted by Gasteiger charge is -2.29. The van der Waals surface area contributed by atoms with Crippen LogP contribution in [0.3, 0.4) is 0 Å². The minimum absolute atomic E-state index is 0.0161. The maximum atomic E-state index is 13.2. The van der Waals surface area contributed by atoms with E-state index in [0.717, 1.165) is 42.3 Å². The van der Waals surface area contributed by atoms with Gasteiger partial charge in [-0.1, -0.05) is 31.0 Å². The fraction of sp³-hybridized carbons (Fsp3) is 0.304. The number of rotatable bonds is 5. The predicted octanol–water partition coefficient (Wildman–Crippen LogP) is 4.12. The highest BCUT2D eigenvalue weighted by molar-refractivity contribution is 5.94. The lowest BCUT2D eigenvalue weighted by Crippen LogP contribution is -2.39. The van der Waals surface area contributed by atoms with E-state index in [2.05, 4.69) is 4.98 Å². The van der Waals surface area contributed by atoms with E-state index in [9.17, 15) is 9.59 Å². The quantitative estimate of drug-likeness (QED) is 0.728. The Hall–Kier alpha value is -3.08. The van der Waals surface area contributed by atoms with Crippen molar-refractivity contribution < 1.29 is 9.53 Å². The van der Waals surface area contributed by atoms with Gasteiger partial charge in [-0.3, -0.25) is 9.59 Å². The Labute approximate surface area is 163 Å². The number of aromatic amines is 1. The van der Waals surface area contributed by atoms with Crippen molar-refractivity contribution in [2.24, 2.45) is 0 Å². The van der Waals surface area contributed by atoms with Crippen LogP contribution in [-0.2, 0) is 6.54 Å².